The van der Waals surface area contributed by atoms with Gasteiger partial charge in [0.1, 0.15) is 0 Å². The van der Waals surface area contributed by atoms with Crippen LogP contribution in [0, 0.1) is 5.41 Å². The molecule has 3 heteroatoms. The molecule has 1 aliphatic rings. The lowest BCUT2D eigenvalue weighted by Gasteiger charge is -2.35. The Bertz CT molecular complexity index is 232. The highest BCUT2D eigenvalue weighted by molar-refractivity contribution is 4.89. The van der Waals surface area contributed by atoms with Gasteiger partial charge in [0.15, 0.2) is 0 Å². The van der Waals surface area contributed by atoms with Gasteiger partial charge in [-0.2, -0.15) is 0 Å². The second-order valence-electron chi connectivity index (χ2n) is 7.14. The number of nitrogens with zero attached hydrogens (tertiary/aromatic N) is 2. The molecule has 1 N–H and O–H groups in total. The first-order chi connectivity index (χ1) is 8.93. The van der Waals surface area contributed by atoms with Crippen LogP contribution < -0.4 is 5.32 Å². The highest BCUT2D eigenvalue weighted by Gasteiger charge is 2.34. The van der Waals surface area contributed by atoms with E-state index in [-0.39, 0.29) is 0 Å². The molecule has 0 saturated heterocycles. The van der Waals surface area contributed by atoms with Crippen molar-refractivity contribution in [1.29, 1.82) is 0 Å². The number of rotatable bonds is 9. The van der Waals surface area contributed by atoms with Gasteiger partial charge in [-0.05, 0) is 58.9 Å². The van der Waals surface area contributed by atoms with Crippen LogP contribution in [-0.4, -0.2) is 63.2 Å². The second kappa shape index (κ2) is 8.23. The Morgan fingerprint density at radius 2 is 1.68 bits per heavy atom. The Morgan fingerprint density at radius 1 is 1.05 bits per heavy atom. The van der Waals surface area contributed by atoms with Crippen molar-refractivity contribution in [3.05, 3.63) is 0 Å². The monoisotopic (exact) mass is 269 g/mol. The minimum absolute atomic E-state index is 0.539. The Labute approximate surface area is 120 Å². The van der Waals surface area contributed by atoms with Crippen LogP contribution in [0.25, 0.3) is 0 Å². The van der Waals surface area contributed by atoms with Gasteiger partial charge in [0.2, 0.25) is 0 Å². The van der Waals surface area contributed by atoms with Gasteiger partial charge in [0.25, 0.3) is 0 Å². The first kappa shape index (κ1) is 16.9. The van der Waals surface area contributed by atoms with Crippen LogP contribution >= 0.6 is 0 Å². The predicted molar refractivity (Wildman–Crippen MR) is 84.7 cm³/mol. The molecule has 3 nitrogen and oxygen atoms in total. The van der Waals surface area contributed by atoms with Crippen molar-refractivity contribution in [2.24, 2.45) is 5.41 Å². The van der Waals surface area contributed by atoms with Gasteiger partial charge in [0, 0.05) is 19.1 Å². The summed E-state index contributed by atoms with van der Waals surface area (Å²) < 4.78 is 0. The van der Waals surface area contributed by atoms with Crippen molar-refractivity contribution in [2.45, 2.75) is 52.0 Å². The molecule has 0 aromatic heterocycles. The third-order valence-corrected chi connectivity index (χ3v) is 4.30. The van der Waals surface area contributed by atoms with Crippen LogP contribution in [0.2, 0.25) is 0 Å². The molecule has 19 heavy (non-hydrogen) atoms. The molecule has 1 fully saturated rings. The van der Waals surface area contributed by atoms with E-state index >= 15 is 0 Å². The van der Waals surface area contributed by atoms with Crippen molar-refractivity contribution in [3.8, 4) is 0 Å². The molecule has 0 atom stereocenters. The van der Waals surface area contributed by atoms with Gasteiger partial charge in [0.05, 0.1) is 0 Å². The number of nitrogens with one attached hydrogen (secondary N) is 1. The van der Waals surface area contributed by atoms with Crippen molar-refractivity contribution in [2.75, 3.05) is 47.3 Å². The third kappa shape index (κ3) is 6.73. The van der Waals surface area contributed by atoms with E-state index in [1.54, 1.807) is 0 Å². The summed E-state index contributed by atoms with van der Waals surface area (Å²) in [5.41, 5.74) is 0.539. The molecular weight excluding hydrogens is 234 g/mol. The van der Waals surface area contributed by atoms with E-state index < -0.39 is 0 Å². The summed E-state index contributed by atoms with van der Waals surface area (Å²) in [5.74, 6) is 0. The van der Waals surface area contributed by atoms with Gasteiger partial charge < -0.3 is 15.1 Å². The lowest BCUT2D eigenvalue weighted by Crippen LogP contribution is -2.43. The van der Waals surface area contributed by atoms with Crippen molar-refractivity contribution in [1.82, 2.24) is 15.1 Å². The van der Waals surface area contributed by atoms with Crippen LogP contribution in [0.15, 0.2) is 0 Å². The van der Waals surface area contributed by atoms with E-state index in [0.29, 0.717) is 11.5 Å². The highest BCUT2D eigenvalue weighted by Crippen LogP contribution is 2.38. The van der Waals surface area contributed by atoms with Gasteiger partial charge in [-0.15, -0.1) is 0 Å². The van der Waals surface area contributed by atoms with Crippen molar-refractivity contribution < 1.29 is 0 Å². The minimum Gasteiger partial charge on any atom is -0.314 e. The second-order valence-corrected chi connectivity index (χ2v) is 7.14. The number of hydrogen-bond acceptors (Lipinski definition) is 3. The molecule has 0 bridgehead atoms. The predicted octanol–water partition coefficient (Wildman–Crippen LogP) is 2.43. The molecule has 0 unspecified atom stereocenters. The van der Waals surface area contributed by atoms with E-state index in [1.807, 2.05) is 0 Å². The summed E-state index contributed by atoms with van der Waals surface area (Å²) >= 11 is 0. The normalized spacial score (nSPS) is 18.9. The maximum atomic E-state index is 3.67. The Balaban J connectivity index is 2.35. The quantitative estimate of drug-likeness (QED) is 0.693. The zero-order valence-corrected chi connectivity index (χ0v) is 13.8. The van der Waals surface area contributed by atoms with Crippen LogP contribution in [0.3, 0.4) is 0 Å². The lowest BCUT2D eigenvalue weighted by atomic mass is 9.85. The smallest absolute Gasteiger partial charge is 0.00471 e. The molecule has 0 aliphatic heterocycles. The summed E-state index contributed by atoms with van der Waals surface area (Å²) in [6.45, 7) is 9.39. The van der Waals surface area contributed by atoms with E-state index in [9.17, 15) is 0 Å². The Kier molecular flexibility index (Phi) is 7.33. The average molecular weight is 269 g/mol. The molecule has 1 aliphatic carbocycles. The van der Waals surface area contributed by atoms with E-state index in [1.165, 1.54) is 58.3 Å². The number of hydrogen-bond donors (Lipinski definition) is 1. The van der Waals surface area contributed by atoms with Gasteiger partial charge in [-0.1, -0.05) is 26.7 Å². The summed E-state index contributed by atoms with van der Waals surface area (Å²) in [6, 6.07) is 0.608. The van der Waals surface area contributed by atoms with E-state index in [4.69, 9.17) is 0 Å². The molecule has 0 radical (unpaired) electrons. The van der Waals surface area contributed by atoms with E-state index in [2.05, 4.69) is 50.1 Å². The molecule has 0 heterocycles. The summed E-state index contributed by atoms with van der Waals surface area (Å²) in [7, 11) is 6.61. The fourth-order valence-electron chi connectivity index (χ4n) is 3.24. The summed E-state index contributed by atoms with van der Waals surface area (Å²) in [4.78, 5) is 4.83. The van der Waals surface area contributed by atoms with Gasteiger partial charge in [-0.3, -0.25) is 0 Å². The summed E-state index contributed by atoms with van der Waals surface area (Å²) in [5, 5.41) is 3.67. The molecular formula is C16H35N3. The highest BCUT2D eigenvalue weighted by atomic mass is 15.1. The topological polar surface area (TPSA) is 18.5 Å². The fraction of sp³-hybridized carbons (Fsp3) is 1.00. The molecule has 0 spiro atoms. The molecule has 0 aromatic rings. The molecule has 0 amide bonds. The van der Waals surface area contributed by atoms with Crippen molar-refractivity contribution >= 4 is 0 Å². The van der Waals surface area contributed by atoms with Crippen LogP contribution in [0.5, 0.6) is 0 Å². The summed E-state index contributed by atoms with van der Waals surface area (Å²) in [6.07, 6.45) is 6.93. The molecule has 1 rings (SSSR count). The molecule has 114 valence electrons. The first-order valence-electron chi connectivity index (χ1n) is 8.00. The minimum atomic E-state index is 0.539. The average Bonchev–Trinajstić information content (AvgIpc) is 2.75. The first-order valence-corrected chi connectivity index (χ1v) is 8.00. The van der Waals surface area contributed by atoms with Crippen LogP contribution in [-0.2, 0) is 0 Å². The maximum Gasteiger partial charge on any atom is 0.00471 e. The Morgan fingerprint density at radius 3 is 2.21 bits per heavy atom. The van der Waals surface area contributed by atoms with Gasteiger partial charge >= 0.3 is 0 Å². The largest absolute Gasteiger partial charge is 0.314 e. The standard InChI is InChI=1S/C16H35N3/c1-15(2)17-13-16(9-6-7-10-16)14-19(5)12-8-11-18(3)4/h15,17H,6-14H2,1-5H3. The lowest BCUT2D eigenvalue weighted by molar-refractivity contribution is 0.165. The maximum absolute atomic E-state index is 3.67. The third-order valence-electron chi connectivity index (χ3n) is 4.30. The zero-order valence-electron chi connectivity index (χ0n) is 13.8. The van der Waals surface area contributed by atoms with Crippen molar-refractivity contribution in [3.63, 3.8) is 0 Å². The van der Waals surface area contributed by atoms with Crippen LogP contribution in [0.4, 0.5) is 0 Å². The molecule has 1 saturated carbocycles. The zero-order chi connectivity index (χ0) is 14.3. The van der Waals surface area contributed by atoms with Gasteiger partial charge in [-0.25, -0.2) is 0 Å². The fourth-order valence-corrected chi connectivity index (χ4v) is 3.24. The SMILES string of the molecule is CC(C)NCC1(CN(C)CCCN(C)C)CCCC1. The molecule has 0 aromatic carbocycles. The van der Waals surface area contributed by atoms with Crippen LogP contribution in [0.1, 0.15) is 46.0 Å². The Hall–Kier alpha value is -0.120. The van der Waals surface area contributed by atoms with E-state index in [0.717, 1.165) is 0 Å².